The Balaban J connectivity index is 3.96. The van der Waals surface area contributed by atoms with Gasteiger partial charge in [-0.05, 0) is 24.7 Å². The van der Waals surface area contributed by atoms with Gasteiger partial charge in [0, 0.05) is 16.8 Å². The molecule has 0 saturated heterocycles. The van der Waals surface area contributed by atoms with Crippen LogP contribution in [0.5, 0.6) is 0 Å². The van der Waals surface area contributed by atoms with Gasteiger partial charge in [0.2, 0.25) is 0 Å². The summed E-state index contributed by atoms with van der Waals surface area (Å²) in [5, 5.41) is 0. The van der Waals surface area contributed by atoms with Crippen molar-refractivity contribution in [2.45, 2.75) is 38.4 Å². The van der Waals surface area contributed by atoms with Crippen LogP contribution in [0.25, 0.3) is 0 Å². The largest absolute Gasteiger partial charge is 0.229 e. The number of sulfone groups is 1. The molecule has 14 heavy (non-hydrogen) atoms. The lowest BCUT2D eigenvalue weighted by Gasteiger charge is -2.23. The van der Waals surface area contributed by atoms with E-state index in [0.29, 0.717) is 22.4 Å². The SMILES string of the molecule is CC(C)C(CCCS(C)(=O)=O)C(C)Br. The van der Waals surface area contributed by atoms with Gasteiger partial charge in [-0.15, -0.1) is 0 Å². The molecule has 0 amide bonds. The summed E-state index contributed by atoms with van der Waals surface area (Å²) in [5.74, 6) is 1.48. The zero-order chi connectivity index (χ0) is 11.4. The maximum absolute atomic E-state index is 10.9. The van der Waals surface area contributed by atoms with E-state index in [-0.39, 0.29) is 0 Å². The van der Waals surface area contributed by atoms with Crippen LogP contribution in [0.15, 0.2) is 0 Å². The summed E-state index contributed by atoms with van der Waals surface area (Å²) >= 11 is 3.57. The number of rotatable bonds is 6. The van der Waals surface area contributed by atoms with E-state index < -0.39 is 9.84 Å². The highest BCUT2D eigenvalue weighted by atomic mass is 79.9. The van der Waals surface area contributed by atoms with Gasteiger partial charge in [0.15, 0.2) is 0 Å². The monoisotopic (exact) mass is 284 g/mol. The Labute approximate surface area is 96.5 Å². The second-order valence-corrected chi connectivity index (χ2v) is 8.06. The molecule has 0 spiro atoms. The van der Waals surface area contributed by atoms with Gasteiger partial charge in [-0.2, -0.15) is 0 Å². The van der Waals surface area contributed by atoms with Crippen molar-refractivity contribution in [1.82, 2.24) is 0 Å². The lowest BCUT2D eigenvalue weighted by Crippen LogP contribution is -2.18. The van der Waals surface area contributed by atoms with Crippen molar-refractivity contribution in [3.8, 4) is 0 Å². The molecule has 0 aromatic rings. The normalized spacial score (nSPS) is 17.0. The summed E-state index contributed by atoms with van der Waals surface area (Å²) in [5.41, 5.74) is 0. The Morgan fingerprint density at radius 2 is 1.71 bits per heavy atom. The van der Waals surface area contributed by atoms with Crippen LogP contribution in [0.3, 0.4) is 0 Å². The van der Waals surface area contributed by atoms with Gasteiger partial charge < -0.3 is 0 Å². The quantitative estimate of drug-likeness (QED) is 0.703. The zero-order valence-corrected chi connectivity index (χ0v) is 11.9. The minimum Gasteiger partial charge on any atom is -0.229 e. The van der Waals surface area contributed by atoms with E-state index in [1.54, 1.807) is 0 Å². The molecule has 0 aliphatic rings. The highest BCUT2D eigenvalue weighted by Gasteiger charge is 2.18. The molecular weight excluding hydrogens is 264 g/mol. The van der Waals surface area contributed by atoms with Crippen LogP contribution in [-0.2, 0) is 9.84 Å². The van der Waals surface area contributed by atoms with Crippen molar-refractivity contribution in [3.05, 3.63) is 0 Å². The molecule has 0 heterocycles. The van der Waals surface area contributed by atoms with Gasteiger partial charge in [-0.1, -0.05) is 36.7 Å². The summed E-state index contributed by atoms with van der Waals surface area (Å²) in [6.45, 7) is 6.50. The predicted molar refractivity (Wildman–Crippen MR) is 65.7 cm³/mol. The average Bonchev–Trinajstić information content (AvgIpc) is 1.94. The van der Waals surface area contributed by atoms with E-state index >= 15 is 0 Å². The predicted octanol–water partition coefficient (Wildman–Crippen LogP) is 2.87. The third-order valence-corrected chi connectivity index (χ3v) is 4.21. The first-order valence-electron chi connectivity index (χ1n) is 5.06. The molecule has 4 heteroatoms. The van der Waals surface area contributed by atoms with Crippen LogP contribution >= 0.6 is 15.9 Å². The van der Waals surface area contributed by atoms with Gasteiger partial charge in [0.1, 0.15) is 9.84 Å². The van der Waals surface area contributed by atoms with Crippen LogP contribution in [-0.4, -0.2) is 25.3 Å². The van der Waals surface area contributed by atoms with Gasteiger partial charge in [0.05, 0.1) is 0 Å². The number of hydrogen-bond donors (Lipinski definition) is 0. The molecule has 0 aliphatic carbocycles. The molecular formula is C10H21BrO2S. The highest BCUT2D eigenvalue weighted by molar-refractivity contribution is 9.09. The molecule has 0 aromatic carbocycles. The summed E-state index contributed by atoms with van der Waals surface area (Å²) in [6.07, 6.45) is 3.06. The average molecular weight is 285 g/mol. The third-order valence-electron chi connectivity index (χ3n) is 2.50. The molecule has 2 unspecified atom stereocenters. The second kappa shape index (κ2) is 6.11. The van der Waals surface area contributed by atoms with E-state index in [4.69, 9.17) is 0 Å². The maximum Gasteiger partial charge on any atom is 0.147 e. The second-order valence-electron chi connectivity index (χ2n) is 4.36. The van der Waals surface area contributed by atoms with Crippen LogP contribution in [0.1, 0.15) is 33.6 Å². The van der Waals surface area contributed by atoms with E-state index in [0.717, 1.165) is 12.8 Å². The molecule has 2 nitrogen and oxygen atoms in total. The van der Waals surface area contributed by atoms with Crippen molar-refractivity contribution in [1.29, 1.82) is 0 Å². The molecule has 0 radical (unpaired) electrons. The lowest BCUT2D eigenvalue weighted by atomic mass is 9.89. The zero-order valence-electron chi connectivity index (χ0n) is 9.46. The molecule has 0 rings (SSSR count). The van der Waals surface area contributed by atoms with Crippen molar-refractivity contribution < 1.29 is 8.42 Å². The molecule has 0 bridgehead atoms. The van der Waals surface area contributed by atoms with Gasteiger partial charge in [-0.25, -0.2) is 8.42 Å². The Morgan fingerprint density at radius 1 is 1.21 bits per heavy atom. The first kappa shape index (κ1) is 14.4. The van der Waals surface area contributed by atoms with Crippen LogP contribution in [0, 0.1) is 11.8 Å². The minimum absolute atomic E-state index is 0.315. The smallest absolute Gasteiger partial charge is 0.147 e. The minimum atomic E-state index is -2.79. The first-order chi connectivity index (χ1) is 6.24. The maximum atomic E-state index is 10.9. The third kappa shape index (κ3) is 6.82. The lowest BCUT2D eigenvalue weighted by molar-refractivity contribution is 0.358. The summed E-state index contributed by atoms with van der Waals surface area (Å²) in [4.78, 5) is 0.460. The summed E-state index contributed by atoms with van der Waals surface area (Å²) in [6, 6.07) is 0. The fourth-order valence-corrected chi connectivity index (χ4v) is 3.24. The van der Waals surface area contributed by atoms with Gasteiger partial charge >= 0.3 is 0 Å². The highest BCUT2D eigenvalue weighted by Crippen LogP contribution is 2.25. The summed E-state index contributed by atoms with van der Waals surface area (Å²) < 4.78 is 21.9. The Hall–Kier alpha value is 0.430. The Morgan fingerprint density at radius 3 is 2.00 bits per heavy atom. The first-order valence-corrected chi connectivity index (χ1v) is 8.03. The number of alkyl halides is 1. The summed E-state index contributed by atoms with van der Waals surface area (Å²) in [7, 11) is -2.79. The molecule has 2 atom stereocenters. The van der Waals surface area contributed by atoms with Crippen molar-refractivity contribution in [2.75, 3.05) is 12.0 Å². The van der Waals surface area contributed by atoms with E-state index in [9.17, 15) is 8.42 Å². The molecule has 0 aliphatic heterocycles. The molecule has 0 N–H and O–H groups in total. The Kier molecular flexibility index (Phi) is 6.30. The van der Waals surface area contributed by atoms with Crippen LogP contribution in [0.2, 0.25) is 0 Å². The number of hydrogen-bond acceptors (Lipinski definition) is 2. The molecule has 0 fully saturated rings. The fourth-order valence-electron chi connectivity index (χ4n) is 1.67. The van der Waals surface area contributed by atoms with Crippen molar-refractivity contribution in [3.63, 3.8) is 0 Å². The Bertz CT molecular complexity index is 237. The van der Waals surface area contributed by atoms with E-state index in [1.165, 1.54) is 6.26 Å². The van der Waals surface area contributed by atoms with Gasteiger partial charge in [-0.3, -0.25) is 0 Å². The molecule has 0 saturated carbocycles. The number of halogens is 1. The van der Waals surface area contributed by atoms with Crippen molar-refractivity contribution >= 4 is 25.8 Å². The van der Waals surface area contributed by atoms with Crippen LogP contribution in [0.4, 0.5) is 0 Å². The fraction of sp³-hybridized carbons (Fsp3) is 1.00. The van der Waals surface area contributed by atoms with E-state index in [1.807, 2.05) is 0 Å². The van der Waals surface area contributed by atoms with Crippen molar-refractivity contribution in [2.24, 2.45) is 11.8 Å². The van der Waals surface area contributed by atoms with Gasteiger partial charge in [0.25, 0.3) is 0 Å². The molecule has 0 aromatic heterocycles. The standard InChI is InChI=1S/C10H21BrO2S/c1-8(2)10(9(3)11)6-5-7-14(4,12)13/h8-10H,5-7H2,1-4H3. The van der Waals surface area contributed by atoms with E-state index in [2.05, 4.69) is 36.7 Å². The van der Waals surface area contributed by atoms with Crippen LogP contribution < -0.4 is 0 Å². The molecule has 86 valence electrons. The topological polar surface area (TPSA) is 34.1 Å².